The maximum absolute atomic E-state index is 12.1. The molecule has 0 saturated heterocycles. The predicted molar refractivity (Wildman–Crippen MR) is 91.8 cm³/mol. The van der Waals surface area contributed by atoms with Gasteiger partial charge in [0.05, 0.1) is 5.56 Å². The molecule has 2 aromatic carbocycles. The summed E-state index contributed by atoms with van der Waals surface area (Å²) in [6, 6.07) is 10.4. The first-order chi connectivity index (χ1) is 10.7. The lowest BCUT2D eigenvalue weighted by Gasteiger charge is -2.22. The second-order valence-electron chi connectivity index (χ2n) is 6.96. The van der Waals surface area contributed by atoms with E-state index in [1.54, 1.807) is 12.1 Å². The van der Waals surface area contributed by atoms with Crippen molar-refractivity contribution in [2.24, 2.45) is 0 Å². The van der Waals surface area contributed by atoms with E-state index >= 15 is 0 Å². The third-order valence-electron chi connectivity index (χ3n) is 4.01. The second kappa shape index (κ2) is 6.45. The average Bonchev–Trinajstić information content (AvgIpc) is 2.45. The van der Waals surface area contributed by atoms with Gasteiger partial charge in [0, 0.05) is 0 Å². The van der Waals surface area contributed by atoms with Crippen LogP contribution in [-0.4, -0.2) is 11.1 Å². The maximum Gasteiger partial charge on any atom is 0.338 e. The fourth-order valence-electron chi connectivity index (χ4n) is 2.47. The fourth-order valence-corrected chi connectivity index (χ4v) is 2.47. The molecule has 0 fully saturated rings. The fraction of sp³-hybridized carbons (Fsp3) is 0.350. The Morgan fingerprint density at radius 3 is 2.04 bits per heavy atom. The molecule has 0 bridgehead atoms. The van der Waals surface area contributed by atoms with Crippen molar-refractivity contribution in [1.29, 1.82) is 0 Å². The van der Waals surface area contributed by atoms with E-state index in [9.17, 15) is 9.90 Å². The van der Waals surface area contributed by atoms with E-state index in [-0.39, 0.29) is 23.7 Å². The zero-order chi connectivity index (χ0) is 17.2. The topological polar surface area (TPSA) is 46.5 Å². The molecule has 0 saturated carbocycles. The summed E-state index contributed by atoms with van der Waals surface area (Å²) in [5.74, 6) is -0.255. The Morgan fingerprint density at radius 1 is 1.04 bits per heavy atom. The highest BCUT2D eigenvalue weighted by Gasteiger charge is 2.17. The second-order valence-corrected chi connectivity index (χ2v) is 6.96. The van der Waals surface area contributed by atoms with Crippen LogP contribution < -0.4 is 0 Å². The standard InChI is InChI=1S/C20H24O3/c1-13-10-16(20(3,4)5)11-14(2)18(13)12-23-19(22)15-6-8-17(21)9-7-15/h6-11,21H,12H2,1-5H3. The molecule has 0 heterocycles. The largest absolute Gasteiger partial charge is 0.508 e. The minimum absolute atomic E-state index is 0.0940. The summed E-state index contributed by atoms with van der Waals surface area (Å²) < 4.78 is 5.42. The van der Waals surface area contributed by atoms with Gasteiger partial charge in [-0.05, 0) is 65.8 Å². The maximum atomic E-state index is 12.1. The average molecular weight is 312 g/mol. The van der Waals surface area contributed by atoms with Crippen LogP contribution in [0, 0.1) is 13.8 Å². The lowest BCUT2D eigenvalue weighted by atomic mass is 9.84. The van der Waals surface area contributed by atoms with E-state index in [1.165, 1.54) is 17.7 Å². The van der Waals surface area contributed by atoms with E-state index in [4.69, 9.17) is 4.74 Å². The van der Waals surface area contributed by atoms with Gasteiger partial charge in [-0.15, -0.1) is 0 Å². The predicted octanol–water partition coefficient (Wildman–Crippen LogP) is 4.66. The number of hydrogen-bond donors (Lipinski definition) is 1. The molecule has 0 unspecified atom stereocenters. The molecule has 0 aliphatic rings. The van der Waals surface area contributed by atoms with Crippen LogP contribution in [0.1, 0.15) is 53.4 Å². The highest BCUT2D eigenvalue weighted by Crippen LogP contribution is 2.27. The molecule has 3 heteroatoms. The molecule has 122 valence electrons. The van der Waals surface area contributed by atoms with Crippen LogP contribution in [0.5, 0.6) is 5.75 Å². The molecule has 0 amide bonds. The van der Waals surface area contributed by atoms with Crippen molar-refractivity contribution in [3.63, 3.8) is 0 Å². The Hall–Kier alpha value is -2.29. The molecular weight excluding hydrogens is 288 g/mol. The Kier molecular flexibility index (Phi) is 4.79. The minimum atomic E-state index is -0.385. The van der Waals surface area contributed by atoms with Crippen molar-refractivity contribution in [2.75, 3.05) is 0 Å². The highest BCUT2D eigenvalue weighted by molar-refractivity contribution is 5.89. The molecule has 0 aliphatic heterocycles. The smallest absolute Gasteiger partial charge is 0.338 e. The third-order valence-corrected chi connectivity index (χ3v) is 4.01. The van der Waals surface area contributed by atoms with Gasteiger partial charge in [-0.3, -0.25) is 0 Å². The summed E-state index contributed by atoms with van der Waals surface area (Å²) in [5.41, 5.74) is 5.12. The number of esters is 1. The first-order valence-corrected chi connectivity index (χ1v) is 7.75. The summed E-state index contributed by atoms with van der Waals surface area (Å²) in [7, 11) is 0. The molecule has 2 aromatic rings. The molecule has 0 aromatic heterocycles. The molecule has 1 N–H and O–H groups in total. The quantitative estimate of drug-likeness (QED) is 0.838. The molecular formula is C20H24O3. The number of rotatable bonds is 3. The van der Waals surface area contributed by atoms with E-state index < -0.39 is 0 Å². The first-order valence-electron chi connectivity index (χ1n) is 7.75. The van der Waals surface area contributed by atoms with E-state index in [0.29, 0.717) is 5.56 Å². The lowest BCUT2D eigenvalue weighted by Crippen LogP contribution is -2.13. The van der Waals surface area contributed by atoms with Crippen molar-refractivity contribution in [3.05, 3.63) is 64.2 Å². The van der Waals surface area contributed by atoms with E-state index in [1.807, 2.05) is 13.8 Å². The number of benzene rings is 2. The SMILES string of the molecule is Cc1cc(C(C)(C)C)cc(C)c1COC(=O)c1ccc(O)cc1. The van der Waals surface area contributed by atoms with Gasteiger partial charge < -0.3 is 9.84 Å². The number of aryl methyl sites for hydroxylation is 2. The number of carbonyl (C=O) groups excluding carboxylic acids is 1. The van der Waals surface area contributed by atoms with Gasteiger partial charge in [-0.1, -0.05) is 32.9 Å². The van der Waals surface area contributed by atoms with Gasteiger partial charge in [0.2, 0.25) is 0 Å². The Bertz CT molecular complexity index is 684. The van der Waals surface area contributed by atoms with Crippen LogP contribution in [0.3, 0.4) is 0 Å². The van der Waals surface area contributed by atoms with Crippen molar-refractivity contribution in [3.8, 4) is 5.75 Å². The highest BCUT2D eigenvalue weighted by atomic mass is 16.5. The van der Waals surface area contributed by atoms with Gasteiger partial charge >= 0.3 is 5.97 Å². The van der Waals surface area contributed by atoms with Gasteiger partial charge in [-0.25, -0.2) is 4.79 Å². The van der Waals surface area contributed by atoms with Gasteiger partial charge in [0.15, 0.2) is 0 Å². The third kappa shape index (κ3) is 4.13. The Labute approximate surface area is 137 Å². The van der Waals surface area contributed by atoms with Crippen LogP contribution in [0.4, 0.5) is 0 Å². The monoisotopic (exact) mass is 312 g/mol. The summed E-state index contributed by atoms with van der Waals surface area (Å²) >= 11 is 0. The van der Waals surface area contributed by atoms with Crippen molar-refractivity contribution < 1.29 is 14.6 Å². The summed E-state index contributed by atoms with van der Waals surface area (Å²) in [6.07, 6.45) is 0. The van der Waals surface area contributed by atoms with Crippen LogP contribution in [0.25, 0.3) is 0 Å². The summed E-state index contributed by atoms with van der Waals surface area (Å²) in [4.78, 5) is 12.1. The molecule has 2 rings (SSSR count). The number of phenols is 1. The number of carbonyl (C=O) groups is 1. The van der Waals surface area contributed by atoms with Crippen LogP contribution in [-0.2, 0) is 16.8 Å². The number of ether oxygens (including phenoxy) is 1. The van der Waals surface area contributed by atoms with Crippen LogP contribution >= 0.6 is 0 Å². The zero-order valence-corrected chi connectivity index (χ0v) is 14.4. The number of aromatic hydroxyl groups is 1. The number of phenolic OH excluding ortho intramolecular Hbond substituents is 1. The van der Waals surface area contributed by atoms with Crippen LogP contribution in [0.2, 0.25) is 0 Å². The molecule has 0 radical (unpaired) electrons. The summed E-state index contributed by atoms with van der Waals surface area (Å²) in [6.45, 7) is 10.9. The molecule has 0 atom stereocenters. The molecule has 23 heavy (non-hydrogen) atoms. The molecule has 3 nitrogen and oxygen atoms in total. The molecule has 0 aliphatic carbocycles. The normalized spacial score (nSPS) is 11.3. The van der Waals surface area contributed by atoms with Crippen molar-refractivity contribution in [2.45, 2.75) is 46.6 Å². The van der Waals surface area contributed by atoms with E-state index in [2.05, 4.69) is 32.9 Å². The Morgan fingerprint density at radius 2 is 1.57 bits per heavy atom. The first kappa shape index (κ1) is 17.1. The molecule has 0 spiro atoms. The van der Waals surface area contributed by atoms with Gasteiger partial charge in [0.1, 0.15) is 12.4 Å². The zero-order valence-electron chi connectivity index (χ0n) is 14.4. The van der Waals surface area contributed by atoms with Gasteiger partial charge in [-0.2, -0.15) is 0 Å². The van der Waals surface area contributed by atoms with Gasteiger partial charge in [0.25, 0.3) is 0 Å². The van der Waals surface area contributed by atoms with Crippen molar-refractivity contribution >= 4 is 5.97 Å². The number of hydrogen-bond acceptors (Lipinski definition) is 3. The Balaban J connectivity index is 2.14. The van der Waals surface area contributed by atoms with Crippen molar-refractivity contribution in [1.82, 2.24) is 0 Å². The minimum Gasteiger partial charge on any atom is -0.508 e. The lowest BCUT2D eigenvalue weighted by molar-refractivity contribution is 0.0471. The summed E-state index contributed by atoms with van der Waals surface area (Å²) in [5, 5.41) is 9.26. The van der Waals surface area contributed by atoms with E-state index in [0.717, 1.165) is 16.7 Å². The van der Waals surface area contributed by atoms with Crippen LogP contribution in [0.15, 0.2) is 36.4 Å².